The predicted octanol–water partition coefficient (Wildman–Crippen LogP) is 3.33. The zero-order chi connectivity index (χ0) is 15.6. The smallest absolute Gasteiger partial charge is 0.256 e. The zero-order valence-corrected chi connectivity index (χ0v) is 12.8. The fourth-order valence-corrected chi connectivity index (χ4v) is 3.30. The quantitative estimate of drug-likeness (QED) is 0.790. The summed E-state index contributed by atoms with van der Waals surface area (Å²) in [6, 6.07) is 11.8. The lowest BCUT2D eigenvalue weighted by molar-refractivity contribution is 0.0606. The molecule has 0 aliphatic carbocycles. The Hall–Kier alpha value is -2.69. The highest BCUT2D eigenvalue weighted by Crippen LogP contribution is 2.31. The Morgan fingerprint density at radius 1 is 1.22 bits per heavy atom. The molecule has 116 valence electrons. The number of H-pyrrole nitrogens is 1. The van der Waals surface area contributed by atoms with Gasteiger partial charge in [-0.25, -0.2) is 0 Å². The van der Waals surface area contributed by atoms with Crippen LogP contribution in [0.1, 0.15) is 41.4 Å². The molecule has 4 rings (SSSR count). The minimum Gasteiger partial charge on any atom is -0.330 e. The number of amides is 1. The summed E-state index contributed by atoms with van der Waals surface area (Å²) in [5, 5.41) is 8.04. The largest absolute Gasteiger partial charge is 0.330 e. The lowest BCUT2D eigenvalue weighted by Gasteiger charge is -2.35. The van der Waals surface area contributed by atoms with Gasteiger partial charge in [0.05, 0.1) is 22.8 Å². The molecule has 1 N–H and O–H groups in total. The molecule has 0 saturated carbocycles. The number of nitrogens with zero attached hydrogens (tertiary/aromatic N) is 3. The molecule has 0 spiro atoms. The number of hydrogen-bond acceptors (Lipinski definition) is 3. The van der Waals surface area contributed by atoms with E-state index in [0.717, 1.165) is 42.4 Å². The van der Waals surface area contributed by atoms with E-state index in [-0.39, 0.29) is 11.9 Å². The summed E-state index contributed by atoms with van der Waals surface area (Å²) in [6.45, 7) is 0.773. The average molecular weight is 306 g/mol. The van der Waals surface area contributed by atoms with Gasteiger partial charge >= 0.3 is 0 Å². The minimum atomic E-state index is 0.0440. The van der Waals surface area contributed by atoms with Crippen LogP contribution in [0.3, 0.4) is 0 Å². The molecule has 1 aliphatic heterocycles. The first-order valence-corrected chi connectivity index (χ1v) is 7.98. The highest BCUT2D eigenvalue weighted by Gasteiger charge is 2.29. The van der Waals surface area contributed by atoms with Crippen LogP contribution in [0.2, 0.25) is 0 Å². The number of benzene rings is 1. The van der Waals surface area contributed by atoms with Gasteiger partial charge in [0.25, 0.3) is 5.91 Å². The van der Waals surface area contributed by atoms with Crippen LogP contribution < -0.4 is 0 Å². The fourth-order valence-electron chi connectivity index (χ4n) is 3.30. The Morgan fingerprint density at radius 2 is 2.13 bits per heavy atom. The summed E-state index contributed by atoms with van der Waals surface area (Å²) in [5.74, 6) is 0.0440. The summed E-state index contributed by atoms with van der Waals surface area (Å²) < 4.78 is 0. The molecule has 1 saturated heterocycles. The van der Waals surface area contributed by atoms with E-state index in [0.29, 0.717) is 5.56 Å². The number of piperidine rings is 1. The number of carbonyl (C=O) groups is 1. The predicted molar refractivity (Wildman–Crippen MR) is 88.0 cm³/mol. The van der Waals surface area contributed by atoms with Crippen molar-refractivity contribution in [1.29, 1.82) is 0 Å². The molecule has 23 heavy (non-hydrogen) atoms. The maximum atomic E-state index is 13.0. The molecule has 2 aromatic heterocycles. The summed E-state index contributed by atoms with van der Waals surface area (Å²) >= 11 is 0. The Balaban J connectivity index is 1.67. The van der Waals surface area contributed by atoms with Crippen molar-refractivity contribution in [3.05, 3.63) is 60.0 Å². The van der Waals surface area contributed by atoms with Crippen molar-refractivity contribution < 1.29 is 4.79 Å². The second kappa shape index (κ2) is 5.83. The normalized spacial score (nSPS) is 18.3. The van der Waals surface area contributed by atoms with Crippen LogP contribution in [0.5, 0.6) is 0 Å². The van der Waals surface area contributed by atoms with Crippen LogP contribution in [-0.2, 0) is 0 Å². The van der Waals surface area contributed by atoms with E-state index in [9.17, 15) is 4.79 Å². The van der Waals surface area contributed by atoms with Crippen molar-refractivity contribution in [3.8, 4) is 0 Å². The minimum absolute atomic E-state index is 0.0440. The highest BCUT2D eigenvalue weighted by molar-refractivity contribution is 5.97. The first kappa shape index (κ1) is 13.9. The third-order valence-corrected chi connectivity index (χ3v) is 4.48. The molecule has 3 heterocycles. The van der Waals surface area contributed by atoms with Crippen LogP contribution >= 0.6 is 0 Å². The number of carbonyl (C=O) groups excluding carboxylic acids is 1. The van der Waals surface area contributed by atoms with Crippen LogP contribution in [-0.4, -0.2) is 32.5 Å². The standard InChI is InChI=1S/C18H18N4O/c23-18(14-11-13-5-1-2-6-15(13)19-12-14)22-10-4-3-7-17(22)16-8-9-20-21-16/h1-2,5-6,8-9,11-12,17H,3-4,7,10H2,(H,20,21)/t17-/m1/s1. The second-order valence-corrected chi connectivity index (χ2v) is 5.94. The van der Waals surface area contributed by atoms with E-state index in [1.165, 1.54) is 0 Å². The third-order valence-electron chi connectivity index (χ3n) is 4.48. The molecule has 5 heteroatoms. The number of likely N-dealkylation sites (tertiary alicyclic amines) is 1. The number of aromatic amines is 1. The number of nitrogens with one attached hydrogen (secondary N) is 1. The first-order chi connectivity index (χ1) is 11.3. The van der Waals surface area contributed by atoms with E-state index in [2.05, 4.69) is 15.2 Å². The summed E-state index contributed by atoms with van der Waals surface area (Å²) in [7, 11) is 0. The highest BCUT2D eigenvalue weighted by atomic mass is 16.2. The van der Waals surface area contributed by atoms with Gasteiger partial charge in [-0.2, -0.15) is 5.10 Å². The van der Waals surface area contributed by atoms with Gasteiger partial charge in [-0.15, -0.1) is 0 Å². The number of para-hydroxylation sites is 1. The Labute approximate surface area is 134 Å². The number of hydrogen-bond donors (Lipinski definition) is 1. The molecule has 1 aromatic carbocycles. The van der Waals surface area contributed by atoms with Gasteiger partial charge in [0.1, 0.15) is 0 Å². The summed E-state index contributed by atoms with van der Waals surface area (Å²) in [4.78, 5) is 19.4. The maximum absolute atomic E-state index is 13.0. The van der Waals surface area contributed by atoms with E-state index in [1.54, 1.807) is 12.4 Å². The van der Waals surface area contributed by atoms with Gasteiger partial charge in [-0.05, 0) is 37.5 Å². The summed E-state index contributed by atoms with van der Waals surface area (Å²) in [6.07, 6.45) is 6.56. The molecule has 3 aromatic rings. The van der Waals surface area contributed by atoms with Crippen molar-refractivity contribution >= 4 is 16.8 Å². The number of pyridine rings is 1. The van der Waals surface area contributed by atoms with Crippen LogP contribution in [0.25, 0.3) is 10.9 Å². The molecule has 1 aliphatic rings. The van der Waals surface area contributed by atoms with Gasteiger partial charge in [-0.1, -0.05) is 18.2 Å². The monoisotopic (exact) mass is 306 g/mol. The summed E-state index contributed by atoms with van der Waals surface area (Å²) in [5.41, 5.74) is 2.56. The zero-order valence-electron chi connectivity index (χ0n) is 12.8. The van der Waals surface area contributed by atoms with Gasteiger partial charge < -0.3 is 4.90 Å². The van der Waals surface area contributed by atoms with Crippen molar-refractivity contribution in [1.82, 2.24) is 20.1 Å². The molecule has 1 fully saturated rings. The van der Waals surface area contributed by atoms with E-state index >= 15 is 0 Å². The Bertz CT molecular complexity index is 828. The molecular weight excluding hydrogens is 288 g/mol. The van der Waals surface area contributed by atoms with Crippen molar-refractivity contribution in [3.63, 3.8) is 0 Å². The van der Waals surface area contributed by atoms with E-state index in [1.807, 2.05) is 41.3 Å². The Morgan fingerprint density at radius 3 is 3.00 bits per heavy atom. The lowest BCUT2D eigenvalue weighted by atomic mass is 9.98. The molecule has 0 unspecified atom stereocenters. The van der Waals surface area contributed by atoms with Crippen LogP contribution in [0, 0.1) is 0 Å². The van der Waals surface area contributed by atoms with Gasteiger partial charge in [0, 0.05) is 24.3 Å². The maximum Gasteiger partial charge on any atom is 0.256 e. The van der Waals surface area contributed by atoms with Crippen molar-refractivity contribution in [2.24, 2.45) is 0 Å². The average Bonchev–Trinajstić information content (AvgIpc) is 3.15. The van der Waals surface area contributed by atoms with E-state index < -0.39 is 0 Å². The second-order valence-electron chi connectivity index (χ2n) is 5.94. The molecular formula is C18H18N4O. The first-order valence-electron chi connectivity index (χ1n) is 7.98. The lowest BCUT2D eigenvalue weighted by Crippen LogP contribution is -2.38. The number of fused-ring (bicyclic) bond motifs is 1. The fraction of sp³-hybridized carbons (Fsp3) is 0.278. The number of rotatable bonds is 2. The van der Waals surface area contributed by atoms with Crippen LogP contribution in [0.15, 0.2) is 48.8 Å². The molecule has 1 amide bonds. The Kier molecular flexibility index (Phi) is 3.54. The van der Waals surface area contributed by atoms with Gasteiger partial charge in [-0.3, -0.25) is 14.9 Å². The van der Waals surface area contributed by atoms with Gasteiger partial charge in [0.2, 0.25) is 0 Å². The topological polar surface area (TPSA) is 61.9 Å². The molecule has 0 radical (unpaired) electrons. The molecule has 1 atom stereocenters. The third kappa shape index (κ3) is 2.59. The van der Waals surface area contributed by atoms with Crippen molar-refractivity contribution in [2.75, 3.05) is 6.54 Å². The van der Waals surface area contributed by atoms with E-state index in [4.69, 9.17) is 0 Å². The van der Waals surface area contributed by atoms with Crippen molar-refractivity contribution in [2.45, 2.75) is 25.3 Å². The molecule has 5 nitrogen and oxygen atoms in total. The SMILES string of the molecule is O=C(c1cnc2ccccc2c1)N1CCCC[C@@H]1c1ccn[nH]1. The van der Waals surface area contributed by atoms with Crippen LogP contribution in [0.4, 0.5) is 0 Å². The number of aromatic nitrogens is 3. The van der Waals surface area contributed by atoms with Gasteiger partial charge in [0.15, 0.2) is 0 Å². The molecule has 0 bridgehead atoms.